The van der Waals surface area contributed by atoms with Gasteiger partial charge >= 0.3 is 0 Å². The van der Waals surface area contributed by atoms with Crippen LogP contribution in [0.2, 0.25) is 0 Å². The van der Waals surface area contributed by atoms with Gasteiger partial charge in [0.15, 0.2) is 0 Å². The van der Waals surface area contributed by atoms with E-state index in [1.165, 1.54) is 0 Å². The SMILES string of the molecule is CCc1cc(-c2ccc(N)cc2)n[nH]1. The fourth-order valence-electron chi connectivity index (χ4n) is 1.34. The number of rotatable bonds is 2. The van der Waals surface area contributed by atoms with Gasteiger partial charge in [-0.1, -0.05) is 19.1 Å². The number of aromatic nitrogens is 2. The molecular formula is C11H13N3. The molecule has 1 aromatic carbocycles. The highest BCUT2D eigenvalue weighted by Crippen LogP contribution is 2.18. The van der Waals surface area contributed by atoms with Crippen LogP contribution in [0.15, 0.2) is 30.3 Å². The van der Waals surface area contributed by atoms with Crippen LogP contribution >= 0.6 is 0 Å². The Morgan fingerprint density at radius 3 is 2.57 bits per heavy atom. The van der Waals surface area contributed by atoms with E-state index in [4.69, 9.17) is 5.73 Å². The molecule has 0 fully saturated rings. The third-order valence-corrected chi connectivity index (χ3v) is 2.22. The van der Waals surface area contributed by atoms with Crippen LogP contribution in [0.4, 0.5) is 5.69 Å². The summed E-state index contributed by atoms with van der Waals surface area (Å²) in [7, 11) is 0. The maximum Gasteiger partial charge on any atom is 0.0923 e. The number of hydrogen-bond donors (Lipinski definition) is 2. The molecule has 0 aliphatic heterocycles. The Bertz CT molecular complexity index is 414. The molecule has 0 unspecified atom stereocenters. The Kier molecular flexibility index (Phi) is 2.23. The molecule has 0 saturated carbocycles. The zero-order valence-corrected chi connectivity index (χ0v) is 8.12. The number of nitrogens with one attached hydrogen (secondary N) is 1. The van der Waals surface area contributed by atoms with Gasteiger partial charge in [0, 0.05) is 16.9 Å². The number of nitrogens with zero attached hydrogens (tertiary/aromatic N) is 1. The van der Waals surface area contributed by atoms with Gasteiger partial charge in [-0.2, -0.15) is 5.10 Å². The van der Waals surface area contributed by atoms with Gasteiger partial charge in [-0.15, -0.1) is 0 Å². The topological polar surface area (TPSA) is 54.7 Å². The molecule has 0 radical (unpaired) electrons. The van der Waals surface area contributed by atoms with Crippen molar-refractivity contribution in [1.82, 2.24) is 10.2 Å². The normalized spacial score (nSPS) is 10.4. The van der Waals surface area contributed by atoms with Crippen molar-refractivity contribution < 1.29 is 0 Å². The molecule has 3 N–H and O–H groups in total. The number of anilines is 1. The van der Waals surface area contributed by atoms with Crippen LogP contribution < -0.4 is 5.73 Å². The average molecular weight is 187 g/mol. The molecule has 1 heterocycles. The predicted molar refractivity (Wildman–Crippen MR) is 57.8 cm³/mol. The number of aromatic amines is 1. The molecule has 2 aromatic rings. The van der Waals surface area contributed by atoms with E-state index in [-0.39, 0.29) is 0 Å². The summed E-state index contributed by atoms with van der Waals surface area (Å²) in [5.41, 5.74) is 9.60. The van der Waals surface area contributed by atoms with Crippen molar-refractivity contribution in [1.29, 1.82) is 0 Å². The molecule has 2 rings (SSSR count). The Morgan fingerprint density at radius 1 is 1.29 bits per heavy atom. The monoisotopic (exact) mass is 187 g/mol. The van der Waals surface area contributed by atoms with Crippen molar-refractivity contribution in [2.45, 2.75) is 13.3 Å². The summed E-state index contributed by atoms with van der Waals surface area (Å²) >= 11 is 0. The summed E-state index contributed by atoms with van der Waals surface area (Å²) in [6.45, 7) is 2.10. The third-order valence-electron chi connectivity index (χ3n) is 2.22. The van der Waals surface area contributed by atoms with Crippen molar-refractivity contribution in [3.63, 3.8) is 0 Å². The lowest BCUT2D eigenvalue weighted by Crippen LogP contribution is -1.83. The summed E-state index contributed by atoms with van der Waals surface area (Å²) in [5, 5.41) is 7.21. The van der Waals surface area contributed by atoms with E-state index in [1.54, 1.807) is 0 Å². The molecule has 3 heteroatoms. The minimum absolute atomic E-state index is 0.778. The number of hydrogen-bond acceptors (Lipinski definition) is 2. The van der Waals surface area contributed by atoms with Gasteiger partial charge in [-0.05, 0) is 24.6 Å². The molecule has 0 aliphatic rings. The highest BCUT2D eigenvalue weighted by molar-refractivity contribution is 5.61. The number of H-pyrrole nitrogens is 1. The first-order valence-corrected chi connectivity index (χ1v) is 4.70. The minimum atomic E-state index is 0.778. The van der Waals surface area contributed by atoms with E-state index in [0.717, 1.165) is 29.1 Å². The molecule has 0 atom stereocenters. The Balaban J connectivity index is 2.34. The first-order chi connectivity index (χ1) is 6.79. The molecule has 0 aliphatic carbocycles. The van der Waals surface area contributed by atoms with Crippen LogP contribution in [-0.4, -0.2) is 10.2 Å². The van der Waals surface area contributed by atoms with Crippen molar-refractivity contribution in [3.05, 3.63) is 36.0 Å². The van der Waals surface area contributed by atoms with Gasteiger partial charge in [0.1, 0.15) is 0 Å². The van der Waals surface area contributed by atoms with E-state index in [1.807, 2.05) is 24.3 Å². The van der Waals surface area contributed by atoms with Crippen molar-refractivity contribution in [3.8, 4) is 11.3 Å². The Hall–Kier alpha value is -1.77. The van der Waals surface area contributed by atoms with Crippen molar-refractivity contribution >= 4 is 5.69 Å². The van der Waals surface area contributed by atoms with E-state index in [9.17, 15) is 0 Å². The lowest BCUT2D eigenvalue weighted by atomic mass is 10.1. The van der Waals surface area contributed by atoms with Crippen molar-refractivity contribution in [2.75, 3.05) is 5.73 Å². The van der Waals surface area contributed by atoms with Crippen LogP contribution in [0.3, 0.4) is 0 Å². The summed E-state index contributed by atoms with van der Waals surface area (Å²) in [6, 6.07) is 9.78. The van der Waals surface area contributed by atoms with E-state index < -0.39 is 0 Å². The fraction of sp³-hybridized carbons (Fsp3) is 0.182. The highest BCUT2D eigenvalue weighted by Gasteiger charge is 2.01. The molecule has 72 valence electrons. The second kappa shape index (κ2) is 3.54. The molecular weight excluding hydrogens is 174 g/mol. The van der Waals surface area contributed by atoms with Gasteiger partial charge in [-0.25, -0.2) is 0 Å². The number of nitrogen functional groups attached to an aromatic ring is 1. The second-order valence-corrected chi connectivity index (χ2v) is 3.25. The quantitative estimate of drug-likeness (QED) is 0.708. The fourth-order valence-corrected chi connectivity index (χ4v) is 1.34. The van der Waals surface area contributed by atoms with E-state index in [0.29, 0.717) is 0 Å². The van der Waals surface area contributed by atoms with Crippen LogP contribution in [-0.2, 0) is 6.42 Å². The highest BCUT2D eigenvalue weighted by atomic mass is 15.1. The van der Waals surface area contributed by atoms with Crippen molar-refractivity contribution in [2.24, 2.45) is 0 Å². The summed E-state index contributed by atoms with van der Waals surface area (Å²) in [4.78, 5) is 0. The van der Waals surface area contributed by atoms with Crippen LogP contribution in [0.1, 0.15) is 12.6 Å². The first-order valence-electron chi connectivity index (χ1n) is 4.70. The average Bonchev–Trinajstić information content (AvgIpc) is 2.67. The largest absolute Gasteiger partial charge is 0.399 e. The standard InChI is InChI=1S/C11H13N3/c1-2-10-7-11(14-13-10)8-3-5-9(12)6-4-8/h3-7H,2,12H2,1H3,(H,13,14). The number of benzene rings is 1. The van der Waals surface area contributed by atoms with Crippen LogP contribution in [0.25, 0.3) is 11.3 Å². The van der Waals surface area contributed by atoms with Crippen LogP contribution in [0.5, 0.6) is 0 Å². The third kappa shape index (κ3) is 1.62. The summed E-state index contributed by atoms with van der Waals surface area (Å²) < 4.78 is 0. The van der Waals surface area contributed by atoms with Gasteiger partial charge in [0.05, 0.1) is 5.69 Å². The molecule has 0 bridgehead atoms. The predicted octanol–water partition coefficient (Wildman–Crippen LogP) is 2.22. The maximum atomic E-state index is 5.61. The number of nitrogens with two attached hydrogens (primary N) is 1. The van der Waals surface area contributed by atoms with Gasteiger partial charge < -0.3 is 5.73 Å². The lowest BCUT2D eigenvalue weighted by Gasteiger charge is -1.96. The van der Waals surface area contributed by atoms with E-state index in [2.05, 4.69) is 23.2 Å². The molecule has 0 spiro atoms. The Labute approximate surface area is 83.0 Å². The molecule has 0 saturated heterocycles. The minimum Gasteiger partial charge on any atom is -0.399 e. The van der Waals surface area contributed by atoms with Gasteiger partial charge in [0.2, 0.25) is 0 Å². The molecule has 0 amide bonds. The van der Waals surface area contributed by atoms with Crippen LogP contribution in [0, 0.1) is 0 Å². The smallest absolute Gasteiger partial charge is 0.0923 e. The molecule has 3 nitrogen and oxygen atoms in total. The zero-order valence-electron chi connectivity index (χ0n) is 8.12. The molecule has 14 heavy (non-hydrogen) atoms. The summed E-state index contributed by atoms with van der Waals surface area (Å²) in [5.74, 6) is 0. The number of aryl methyl sites for hydroxylation is 1. The first kappa shape index (κ1) is 8.81. The summed E-state index contributed by atoms with van der Waals surface area (Å²) in [6.07, 6.45) is 0.974. The van der Waals surface area contributed by atoms with Gasteiger partial charge in [0.25, 0.3) is 0 Å². The second-order valence-electron chi connectivity index (χ2n) is 3.25. The Morgan fingerprint density at radius 2 is 2.00 bits per heavy atom. The lowest BCUT2D eigenvalue weighted by molar-refractivity contribution is 0.976. The van der Waals surface area contributed by atoms with E-state index >= 15 is 0 Å². The maximum absolute atomic E-state index is 5.61. The van der Waals surface area contributed by atoms with Gasteiger partial charge in [-0.3, -0.25) is 5.10 Å². The zero-order chi connectivity index (χ0) is 9.97. The molecule has 1 aromatic heterocycles.